The van der Waals surface area contributed by atoms with Gasteiger partial charge < -0.3 is 37.2 Å². The molecule has 2 fully saturated rings. The normalized spacial score (nSPS) is 18.1. The molecule has 2 amide bonds. The third kappa shape index (κ3) is 13.0. The zero-order valence-electron chi connectivity index (χ0n) is 15.2. The summed E-state index contributed by atoms with van der Waals surface area (Å²) in [5, 5.41) is 8.23. The van der Waals surface area contributed by atoms with Crippen LogP contribution in [0.4, 0.5) is 0 Å². The summed E-state index contributed by atoms with van der Waals surface area (Å²) in [6.45, 7) is 3.74. The van der Waals surface area contributed by atoms with Gasteiger partial charge in [0.25, 0.3) is 0 Å². The van der Waals surface area contributed by atoms with Gasteiger partial charge >= 0.3 is 40.8 Å². The van der Waals surface area contributed by atoms with Gasteiger partial charge in [-0.1, -0.05) is 78.1 Å². The molecule has 0 aromatic rings. The zero-order valence-corrected chi connectivity index (χ0v) is 20.0. The first-order chi connectivity index (χ1) is 10.7. The van der Waals surface area contributed by atoms with Gasteiger partial charge in [-0.15, -0.1) is 12.1 Å². The minimum absolute atomic E-state index is 0. The monoisotopic (exact) mass is 529 g/mol. The van der Waals surface area contributed by atoms with Gasteiger partial charge in [0.15, 0.2) is 0 Å². The van der Waals surface area contributed by atoms with Crippen molar-refractivity contribution >= 4 is 11.8 Å². The van der Waals surface area contributed by atoms with Crippen LogP contribution in [0.15, 0.2) is 0 Å². The first kappa shape index (κ1) is 27.0. The largest absolute Gasteiger partial charge is 3.00 e. The van der Waals surface area contributed by atoms with E-state index in [9.17, 15) is 9.59 Å². The van der Waals surface area contributed by atoms with E-state index in [4.69, 9.17) is 0 Å². The Balaban J connectivity index is 0. The van der Waals surface area contributed by atoms with Crippen molar-refractivity contribution in [2.24, 2.45) is 0 Å². The fraction of sp³-hybridized carbons (Fsp3) is 0.889. The van der Waals surface area contributed by atoms with E-state index in [1.54, 1.807) is 0 Å². The summed E-state index contributed by atoms with van der Waals surface area (Å²) < 4.78 is 0. The van der Waals surface area contributed by atoms with Gasteiger partial charge in [-0.25, -0.2) is 0 Å². The SMILES string of the molecule is CCC(=O)[N-]C1CCCCC1.CCC(=O)[N-]C1CCCCC1.[Br-].[Nd+3]. The van der Waals surface area contributed by atoms with Gasteiger partial charge in [-0.3, -0.25) is 0 Å². The van der Waals surface area contributed by atoms with Crippen LogP contribution in [-0.4, -0.2) is 23.9 Å². The van der Waals surface area contributed by atoms with Crippen LogP contribution < -0.4 is 17.0 Å². The van der Waals surface area contributed by atoms with Gasteiger partial charge in [0.1, 0.15) is 0 Å². The molecule has 0 spiro atoms. The Morgan fingerprint density at radius 2 is 1.00 bits per heavy atom. The molecule has 0 aliphatic heterocycles. The van der Waals surface area contributed by atoms with Crippen molar-refractivity contribution in [3.8, 4) is 0 Å². The van der Waals surface area contributed by atoms with Gasteiger partial charge in [0, 0.05) is 0 Å². The number of halogens is 1. The second kappa shape index (κ2) is 17.2. The number of carbonyl (C=O) groups is 2. The van der Waals surface area contributed by atoms with E-state index in [2.05, 4.69) is 10.6 Å². The average molecular weight is 533 g/mol. The first-order valence-corrected chi connectivity index (χ1v) is 9.13. The van der Waals surface area contributed by atoms with Crippen molar-refractivity contribution in [3.63, 3.8) is 0 Å². The van der Waals surface area contributed by atoms with Gasteiger partial charge in [0.05, 0.1) is 11.8 Å². The molecule has 0 atom stereocenters. The Labute approximate surface area is 191 Å². The predicted octanol–water partition coefficient (Wildman–Crippen LogP) is 2.26. The number of nitrogens with zero attached hydrogens (tertiary/aromatic N) is 2. The molecule has 0 unspecified atom stereocenters. The quantitative estimate of drug-likeness (QED) is 0.558. The molecule has 2 aliphatic carbocycles. The van der Waals surface area contributed by atoms with Crippen LogP contribution >= 0.6 is 0 Å². The molecule has 0 saturated heterocycles. The van der Waals surface area contributed by atoms with Crippen molar-refractivity contribution in [1.82, 2.24) is 0 Å². The average Bonchev–Trinajstić information content (AvgIpc) is 2.57. The molecule has 0 heterocycles. The Bertz CT molecular complexity index is 299. The van der Waals surface area contributed by atoms with Crippen LogP contribution in [0.3, 0.4) is 0 Å². The van der Waals surface area contributed by atoms with E-state index >= 15 is 0 Å². The van der Waals surface area contributed by atoms with Crippen LogP contribution in [0.1, 0.15) is 90.9 Å². The van der Waals surface area contributed by atoms with Crippen LogP contribution in [0, 0.1) is 40.8 Å². The maximum Gasteiger partial charge on any atom is 3.00 e. The summed E-state index contributed by atoms with van der Waals surface area (Å²) in [6.07, 6.45) is 13.3. The molecule has 2 rings (SSSR count). The Hall–Kier alpha value is 0.771. The van der Waals surface area contributed by atoms with E-state index in [0.29, 0.717) is 24.9 Å². The van der Waals surface area contributed by atoms with E-state index < -0.39 is 0 Å². The maximum atomic E-state index is 10.9. The molecule has 2 aliphatic rings. The number of amides is 2. The summed E-state index contributed by atoms with van der Waals surface area (Å²) >= 11 is 0. The molecule has 0 bridgehead atoms. The standard InChI is InChI=1S/2C9H17NO.BrH.Nd/c2*1-2-9(11)10-8-6-4-3-5-7-8;;/h2*8H,2-7H2,1H3,(H,10,11);1H;/q;;;+3/p-3. The van der Waals surface area contributed by atoms with Gasteiger partial charge in [-0.2, -0.15) is 0 Å². The summed E-state index contributed by atoms with van der Waals surface area (Å²) in [5.74, 6) is 0.161. The van der Waals surface area contributed by atoms with Crippen molar-refractivity contribution in [3.05, 3.63) is 10.6 Å². The molecular formula is C18H32BrN2NdO2. The van der Waals surface area contributed by atoms with Gasteiger partial charge in [-0.05, 0) is 12.8 Å². The van der Waals surface area contributed by atoms with Crippen molar-refractivity contribution < 1.29 is 67.4 Å². The van der Waals surface area contributed by atoms with Crippen LogP contribution in [0.25, 0.3) is 10.6 Å². The van der Waals surface area contributed by atoms with Crippen LogP contribution in [-0.2, 0) is 9.59 Å². The molecule has 4 nitrogen and oxygen atoms in total. The molecule has 0 N–H and O–H groups in total. The summed E-state index contributed by atoms with van der Waals surface area (Å²) in [4.78, 5) is 21.8. The predicted molar refractivity (Wildman–Crippen MR) is 91.1 cm³/mol. The number of hydrogen-bond donors (Lipinski definition) is 0. The molecule has 0 aromatic heterocycles. The smallest absolute Gasteiger partial charge is 1.00 e. The van der Waals surface area contributed by atoms with Crippen molar-refractivity contribution in [2.45, 2.75) is 103 Å². The molecule has 2 saturated carbocycles. The molecular weight excluding hydrogens is 500 g/mol. The first-order valence-electron chi connectivity index (χ1n) is 9.13. The topological polar surface area (TPSA) is 62.3 Å². The summed E-state index contributed by atoms with van der Waals surface area (Å²) in [5.41, 5.74) is 0. The summed E-state index contributed by atoms with van der Waals surface area (Å²) in [6, 6.07) is 0.715. The van der Waals surface area contributed by atoms with E-state index in [1.807, 2.05) is 13.8 Å². The minimum atomic E-state index is 0. The number of rotatable bonds is 4. The Morgan fingerprint density at radius 3 is 1.25 bits per heavy atom. The van der Waals surface area contributed by atoms with E-state index in [-0.39, 0.29) is 69.6 Å². The minimum Gasteiger partial charge on any atom is -1.00 e. The third-order valence-corrected chi connectivity index (χ3v) is 4.41. The number of carbonyl (C=O) groups excluding carboxylic acids is 2. The fourth-order valence-electron chi connectivity index (χ4n) is 3.01. The molecule has 1 radical (unpaired) electrons. The van der Waals surface area contributed by atoms with E-state index in [0.717, 1.165) is 25.7 Å². The van der Waals surface area contributed by atoms with Crippen LogP contribution in [0.5, 0.6) is 0 Å². The molecule has 137 valence electrons. The number of hydrogen-bond acceptors (Lipinski definition) is 2. The van der Waals surface area contributed by atoms with Crippen molar-refractivity contribution in [2.75, 3.05) is 0 Å². The Kier molecular flexibility index (Phi) is 19.3. The van der Waals surface area contributed by atoms with Gasteiger partial charge in [0.2, 0.25) is 0 Å². The second-order valence-corrected chi connectivity index (χ2v) is 6.34. The van der Waals surface area contributed by atoms with Crippen molar-refractivity contribution in [1.29, 1.82) is 0 Å². The maximum absolute atomic E-state index is 10.9. The molecule has 24 heavy (non-hydrogen) atoms. The second-order valence-electron chi connectivity index (χ2n) is 6.34. The Morgan fingerprint density at radius 1 is 0.708 bits per heavy atom. The fourth-order valence-corrected chi connectivity index (χ4v) is 3.01. The molecule has 6 heteroatoms. The van der Waals surface area contributed by atoms with E-state index in [1.165, 1.54) is 38.5 Å². The summed E-state index contributed by atoms with van der Waals surface area (Å²) in [7, 11) is 0. The molecule has 0 aromatic carbocycles. The zero-order chi connectivity index (χ0) is 16.2. The third-order valence-electron chi connectivity index (χ3n) is 4.41. The van der Waals surface area contributed by atoms with Crippen LogP contribution in [0.2, 0.25) is 0 Å².